The number of rotatable bonds is 7. The lowest BCUT2D eigenvalue weighted by atomic mass is 9.98. The Balaban J connectivity index is 2.41. The molecular formula is C15H19ClN2O4. The van der Waals surface area contributed by atoms with Crippen LogP contribution in [0.15, 0.2) is 24.3 Å². The second-order valence-corrected chi connectivity index (χ2v) is 5.25. The Morgan fingerprint density at radius 2 is 1.86 bits per heavy atom. The van der Waals surface area contributed by atoms with Crippen molar-refractivity contribution < 1.29 is 19.5 Å². The van der Waals surface area contributed by atoms with Crippen LogP contribution in [0.1, 0.15) is 43.0 Å². The van der Waals surface area contributed by atoms with E-state index in [9.17, 15) is 14.4 Å². The highest BCUT2D eigenvalue weighted by Gasteiger charge is 2.18. The predicted octanol–water partition coefficient (Wildman–Crippen LogP) is 2.38. The van der Waals surface area contributed by atoms with Crippen molar-refractivity contribution in [3.63, 3.8) is 0 Å². The number of hydrogen-bond donors (Lipinski definition) is 3. The summed E-state index contributed by atoms with van der Waals surface area (Å²) < 4.78 is 0. The molecule has 0 radical (unpaired) electrons. The maximum Gasteiger partial charge on any atom is 0.306 e. The van der Waals surface area contributed by atoms with Crippen LogP contribution in [-0.2, 0) is 9.59 Å². The lowest BCUT2D eigenvalue weighted by Crippen LogP contribution is -2.41. The van der Waals surface area contributed by atoms with E-state index in [-0.39, 0.29) is 23.4 Å². The number of hydrogen-bond acceptors (Lipinski definition) is 3. The number of carboxylic acid groups (broad SMARTS) is 1. The first-order valence-corrected chi connectivity index (χ1v) is 7.40. The fraction of sp³-hybridized carbons (Fsp3) is 0.400. The van der Waals surface area contributed by atoms with Gasteiger partial charge in [-0.25, -0.2) is 0 Å². The summed E-state index contributed by atoms with van der Waals surface area (Å²) in [6, 6.07) is 6.45. The average molecular weight is 327 g/mol. The van der Waals surface area contributed by atoms with E-state index in [1.54, 1.807) is 18.2 Å². The first kappa shape index (κ1) is 18.0. The van der Waals surface area contributed by atoms with Crippen LogP contribution in [0.25, 0.3) is 0 Å². The fourth-order valence-corrected chi connectivity index (χ4v) is 2.17. The molecule has 0 spiro atoms. The van der Waals surface area contributed by atoms with Gasteiger partial charge >= 0.3 is 5.97 Å². The summed E-state index contributed by atoms with van der Waals surface area (Å²) in [5, 5.41) is 9.28. The SMILES string of the molecule is CCC[C@@H](CCC(=O)NNC(=O)c1ccccc1Cl)C(=O)O. The minimum absolute atomic E-state index is 0.0275. The zero-order valence-corrected chi connectivity index (χ0v) is 13.0. The van der Waals surface area contributed by atoms with Crippen LogP contribution in [0, 0.1) is 5.92 Å². The van der Waals surface area contributed by atoms with E-state index in [1.807, 2.05) is 6.92 Å². The van der Waals surface area contributed by atoms with Crippen LogP contribution < -0.4 is 10.9 Å². The first-order valence-electron chi connectivity index (χ1n) is 7.02. The Bertz CT molecular complexity index is 548. The highest BCUT2D eigenvalue weighted by molar-refractivity contribution is 6.33. The molecule has 1 atom stereocenters. The Morgan fingerprint density at radius 1 is 1.18 bits per heavy atom. The van der Waals surface area contributed by atoms with Gasteiger partial charge in [0.05, 0.1) is 16.5 Å². The number of amides is 2. The predicted molar refractivity (Wildman–Crippen MR) is 82.3 cm³/mol. The van der Waals surface area contributed by atoms with Crippen molar-refractivity contribution in [1.29, 1.82) is 0 Å². The number of benzene rings is 1. The van der Waals surface area contributed by atoms with Crippen LogP contribution in [0.5, 0.6) is 0 Å². The zero-order valence-electron chi connectivity index (χ0n) is 12.3. The number of carbonyl (C=O) groups is 3. The Kier molecular flexibility index (Phi) is 7.39. The van der Waals surface area contributed by atoms with Crippen molar-refractivity contribution >= 4 is 29.4 Å². The summed E-state index contributed by atoms with van der Waals surface area (Å²) in [4.78, 5) is 34.4. The molecule has 6 nitrogen and oxygen atoms in total. The quantitative estimate of drug-likeness (QED) is 0.670. The first-order chi connectivity index (χ1) is 10.5. The minimum atomic E-state index is -0.908. The summed E-state index contributed by atoms with van der Waals surface area (Å²) in [6.45, 7) is 1.89. The van der Waals surface area contributed by atoms with Crippen LogP contribution in [0.3, 0.4) is 0 Å². The second-order valence-electron chi connectivity index (χ2n) is 4.84. The van der Waals surface area contributed by atoms with Crippen molar-refractivity contribution in [1.82, 2.24) is 10.9 Å². The topological polar surface area (TPSA) is 95.5 Å². The molecule has 0 fully saturated rings. The van der Waals surface area contributed by atoms with Crippen molar-refractivity contribution in [2.75, 3.05) is 0 Å². The van der Waals surface area contributed by atoms with Crippen molar-refractivity contribution in [2.45, 2.75) is 32.6 Å². The largest absolute Gasteiger partial charge is 0.481 e. The van der Waals surface area contributed by atoms with Gasteiger partial charge in [0.1, 0.15) is 0 Å². The van der Waals surface area contributed by atoms with Crippen molar-refractivity contribution in [2.24, 2.45) is 5.92 Å². The molecule has 0 saturated heterocycles. The summed E-state index contributed by atoms with van der Waals surface area (Å²) in [7, 11) is 0. The maximum absolute atomic E-state index is 11.8. The van der Waals surface area contributed by atoms with Gasteiger partial charge in [-0.3, -0.25) is 25.2 Å². The van der Waals surface area contributed by atoms with Crippen LogP contribution in [-0.4, -0.2) is 22.9 Å². The number of nitrogens with one attached hydrogen (secondary N) is 2. The fourth-order valence-electron chi connectivity index (χ4n) is 1.95. The summed E-state index contributed by atoms with van der Waals surface area (Å²) in [5.41, 5.74) is 4.76. The number of aliphatic carboxylic acids is 1. The monoisotopic (exact) mass is 326 g/mol. The van der Waals surface area contributed by atoms with Crippen LogP contribution in [0.4, 0.5) is 0 Å². The molecule has 0 heterocycles. The third-order valence-electron chi connectivity index (χ3n) is 3.14. The maximum atomic E-state index is 11.8. The van der Waals surface area contributed by atoms with Crippen molar-refractivity contribution in [3.8, 4) is 0 Å². The Hall–Kier alpha value is -2.08. The molecule has 7 heteroatoms. The third kappa shape index (κ3) is 5.73. The second kappa shape index (κ2) is 9.04. The number of carbonyl (C=O) groups excluding carboxylic acids is 2. The van der Waals surface area contributed by atoms with Gasteiger partial charge in [-0.05, 0) is 25.0 Å². The molecule has 3 N–H and O–H groups in total. The molecule has 0 bridgehead atoms. The van der Waals surface area contributed by atoms with E-state index in [4.69, 9.17) is 16.7 Å². The lowest BCUT2D eigenvalue weighted by molar-refractivity contribution is -0.142. The Labute approximate surface area is 133 Å². The smallest absolute Gasteiger partial charge is 0.306 e. The minimum Gasteiger partial charge on any atom is -0.481 e. The average Bonchev–Trinajstić information content (AvgIpc) is 2.49. The standard InChI is InChI=1S/C15H19ClN2O4/c1-2-5-10(15(21)22)8-9-13(19)17-18-14(20)11-6-3-4-7-12(11)16/h3-4,6-7,10H,2,5,8-9H2,1H3,(H,17,19)(H,18,20)(H,21,22)/t10-/m0/s1. The molecule has 0 aromatic heterocycles. The van der Waals surface area contributed by atoms with Gasteiger partial charge in [0.25, 0.3) is 5.91 Å². The van der Waals surface area contributed by atoms with E-state index in [1.165, 1.54) is 6.07 Å². The van der Waals surface area contributed by atoms with Crippen LogP contribution in [0.2, 0.25) is 5.02 Å². The lowest BCUT2D eigenvalue weighted by Gasteiger charge is -2.11. The Morgan fingerprint density at radius 3 is 2.45 bits per heavy atom. The molecule has 1 aromatic carbocycles. The molecule has 120 valence electrons. The highest BCUT2D eigenvalue weighted by Crippen LogP contribution is 2.15. The highest BCUT2D eigenvalue weighted by atomic mass is 35.5. The van der Waals surface area contributed by atoms with Crippen LogP contribution >= 0.6 is 11.6 Å². The molecular weight excluding hydrogens is 308 g/mol. The van der Waals surface area contributed by atoms with Gasteiger partial charge in [-0.1, -0.05) is 37.1 Å². The summed E-state index contributed by atoms with van der Waals surface area (Å²) in [6.07, 6.45) is 1.52. The van der Waals surface area contributed by atoms with Gasteiger partial charge in [0.15, 0.2) is 0 Å². The third-order valence-corrected chi connectivity index (χ3v) is 3.47. The summed E-state index contributed by atoms with van der Waals surface area (Å²) in [5.74, 6) is -2.42. The normalized spacial score (nSPS) is 11.5. The molecule has 22 heavy (non-hydrogen) atoms. The van der Waals surface area contributed by atoms with Gasteiger partial charge in [0, 0.05) is 6.42 Å². The van der Waals surface area contributed by atoms with Crippen molar-refractivity contribution in [3.05, 3.63) is 34.9 Å². The molecule has 0 aliphatic heterocycles. The van der Waals surface area contributed by atoms with E-state index < -0.39 is 23.7 Å². The molecule has 0 saturated carbocycles. The zero-order chi connectivity index (χ0) is 16.5. The van der Waals surface area contributed by atoms with E-state index in [0.29, 0.717) is 6.42 Å². The molecule has 2 amide bonds. The molecule has 0 unspecified atom stereocenters. The molecule has 1 rings (SSSR count). The molecule has 1 aromatic rings. The van der Waals surface area contributed by atoms with E-state index in [2.05, 4.69) is 10.9 Å². The number of carboxylic acids is 1. The van der Waals surface area contributed by atoms with Gasteiger partial charge in [0.2, 0.25) is 5.91 Å². The van der Waals surface area contributed by atoms with E-state index >= 15 is 0 Å². The van der Waals surface area contributed by atoms with Gasteiger partial charge < -0.3 is 5.11 Å². The summed E-state index contributed by atoms with van der Waals surface area (Å²) >= 11 is 5.87. The van der Waals surface area contributed by atoms with Gasteiger partial charge in [-0.2, -0.15) is 0 Å². The number of halogens is 1. The molecule has 0 aliphatic carbocycles. The molecule has 0 aliphatic rings. The van der Waals surface area contributed by atoms with Gasteiger partial charge in [-0.15, -0.1) is 0 Å². The number of hydrazine groups is 1. The van der Waals surface area contributed by atoms with E-state index in [0.717, 1.165) is 6.42 Å².